The van der Waals surface area contributed by atoms with Crippen molar-refractivity contribution in [3.63, 3.8) is 0 Å². The number of carbonyl (C=O) groups is 1. The summed E-state index contributed by atoms with van der Waals surface area (Å²) in [6, 6.07) is 7.58. The number of hydrogen-bond acceptors (Lipinski definition) is 7. The highest BCUT2D eigenvalue weighted by atomic mass is 16.6. The van der Waals surface area contributed by atoms with Crippen molar-refractivity contribution in [2.45, 2.75) is 0 Å². The van der Waals surface area contributed by atoms with Gasteiger partial charge in [-0.05, 0) is 24.3 Å². The summed E-state index contributed by atoms with van der Waals surface area (Å²) in [5.74, 6) is -0.926. The highest BCUT2D eigenvalue weighted by Crippen LogP contribution is 2.45. The lowest BCUT2D eigenvalue weighted by Crippen LogP contribution is -2.02. The zero-order valence-electron chi connectivity index (χ0n) is 14.5. The molecule has 2 aromatic carbocycles. The normalized spacial score (nSPS) is 11.0. The van der Waals surface area contributed by atoms with E-state index in [1.165, 1.54) is 44.8 Å². The van der Waals surface area contributed by atoms with Gasteiger partial charge in [0.25, 0.3) is 5.69 Å². The molecule has 0 atom stereocenters. The fourth-order valence-electron chi connectivity index (χ4n) is 2.80. The molecular formula is C19H15NO7. The minimum absolute atomic E-state index is 0.00163. The number of ketones is 1. The van der Waals surface area contributed by atoms with E-state index in [2.05, 4.69) is 0 Å². The number of benzene rings is 2. The zero-order chi connectivity index (χ0) is 19.6. The second-order valence-corrected chi connectivity index (χ2v) is 5.47. The molecule has 0 saturated carbocycles. The number of allylic oxidation sites excluding steroid dienone is 1. The molecule has 0 fully saturated rings. The molecule has 1 heterocycles. The van der Waals surface area contributed by atoms with Gasteiger partial charge in [-0.1, -0.05) is 12.1 Å². The molecule has 8 nitrogen and oxygen atoms in total. The van der Waals surface area contributed by atoms with Crippen LogP contribution >= 0.6 is 0 Å². The number of fused-ring (bicyclic) bond motifs is 1. The number of rotatable bonds is 6. The van der Waals surface area contributed by atoms with E-state index in [-0.39, 0.29) is 33.9 Å². The third kappa shape index (κ3) is 3.08. The van der Waals surface area contributed by atoms with Gasteiger partial charge in [0.05, 0.1) is 36.4 Å². The van der Waals surface area contributed by atoms with E-state index >= 15 is 0 Å². The second-order valence-electron chi connectivity index (χ2n) is 5.47. The van der Waals surface area contributed by atoms with E-state index in [9.17, 15) is 20.0 Å². The number of furan rings is 1. The predicted molar refractivity (Wildman–Crippen MR) is 97.4 cm³/mol. The van der Waals surface area contributed by atoms with Crippen LogP contribution < -0.4 is 9.47 Å². The molecule has 0 spiro atoms. The summed E-state index contributed by atoms with van der Waals surface area (Å²) >= 11 is 0. The Morgan fingerprint density at radius 2 is 1.89 bits per heavy atom. The second kappa shape index (κ2) is 7.20. The molecule has 0 radical (unpaired) electrons. The van der Waals surface area contributed by atoms with Crippen LogP contribution in [0.15, 0.2) is 47.1 Å². The average Bonchev–Trinajstić information content (AvgIpc) is 3.14. The maximum absolute atomic E-state index is 12.8. The monoisotopic (exact) mass is 369 g/mol. The van der Waals surface area contributed by atoms with Crippen molar-refractivity contribution in [1.82, 2.24) is 0 Å². The van der Waals surface area contributed by atoms with Crippen LogP contribution in [-0.2, 0) is 0 Å². The van der Waals surface area contributed by atoms with E-state index in [0.29, 0.717) is 5.39 Å². The Labute approximate surface area is 153 Å². The zero-order valence-corrected chi connectivity index (χ0v) is 14.5. The number of methoxy groups -OCH3 is 2. The van der Waals surface area contributed by atoms with Crippen molar-refractivity contribution in [3.05, 3.63) is 63.9 Å². The Balaban J connectivity index is 2.11. The Morgan fingerprint density at radius 1 is 1.19 bits per heavy atom. The number of carbonyl (C=O) groups excluding carboxylic acids is 1. The third-order valence-electron chi connectivity index (χ3n) is 4.00. The fraction of sp³-hybridized carbons (Fsp3) is 0.105. The lowest BCUT2D eigenvalue weighted by Gasteiger charge is -2.13. The highest BCUT2D eigenvalue weighted by molar-refractivity contribution is 6.15. The molecule has 27 heavy (non-hydrogen) atoms. The predicted octanol–water partition coefficient (Wildman–Crippen LogP) is 3.96. The molecule has 0 amide bonds. The fourth-order valence-corrected chi connectivity index (χ4v) is 2.80. The van der Waals surface area contributed by atoms with Gasteiger partial charge >= 0.3 is 0 Å². The summed E-state index contributed by atoms with van der Waals surface area (Å²) < 4.78 is 15.7. The van der Waals surface area contributed by atoms with Gasteiger partial charge in [0.15, 0.2) is 17.1 Å². The van der Waals surface area contributed by atoms with Crippen LogP contribution in [0.1, 0.15) is 15.9 Å². The van der Waals surface area contributed by atoms with E-state index in [4.69, 9.17) is 13.9 Å². The number of ether oxygens (including phenoxy) is 2. The number of para-hydroxylation sites is 1. The largest absolute Gasteiger partial charge is 0.504 e. The molecule has 0 bridgehead atoms. The molecule has 1 N–H and O–H groups in total. The molecule has 0 aliphatic carbocycles. The van der Waals surface area contributed by atoms with Gasteiger partial charge in [-0.3, -0.25) is 14.9 Å². The van der Waals surface area contributed by atoms with E-state index in [0.717, 1.165) is 6.08 Å². The molecule has 3 rings (SSSR count). The number of nitro benzene ring substituents is 1. The smallest absolute Gasteiger partial charge is 0.276 e. The topological polar surface area (TPSA) is 112 Å². The van der Waals surface area contributed by atoms with Gasteiger partial charge in [-0.25, -0.2) is 0 Å². The summed E-state index contributed by atoms with van der Waals surface area (Å²) in [6.07, 6.45) is 3.82. The summed E-state index contributed by atoms with van der Waals surface area (Å²) in [6.45, 7) is 0. The van der Waals surface area contributed by atoms with Gasteiger partial charge in [-0.2, -0.15) is 0 Å². The number of nitro groups is 1. The Hall–Kier alpha value is -3.81. The summed E-state index contributed by atoms with van der Waals surface area (Å²) in [5.41, 5.74) is 0.232. The van der Waals surface area contributed by atoms with Crippen LogP contribution in [0.5, 0.6) is 17.2 Å². The van der Waals surface area contributed by atoms with Crippen LogP contribution in [0.3, 0.4) is 0 Å². The quantitative estimate of drug-likeness (QED) is 0.303. The minimum atomic E-state index is -0.607. The summed E-state index contributed by atoms with van der Waals surface area (Å²) in [7, 11) is 2.69. The minimum Gasteiger partial charge on any atom is -0.504 e. The summed E-state index contributed by atoms with van der Waals surface area (Å²) in [4.78, 5) is 23.3. The Kier molecular flexibility index (Phi) is 4.80. The van der Waals surface area contributed by atoms with Gasteiger partial charge < -0.3 is 19.0 Å². The van der Waals surface area contributed by atoms with Crippen molar-refractivity contribution in [2.75, 3.05) is 14.2 Å². The SMILES string of the molecule is COc1c(C(=O)/C=C/c2ccccc2[N+](=O)[O-])c(O)c(OC)c2occc12. The first-order chi connectivity index (χ1) is 13.0. The molecular weight excluding hydrogens is 354 g/mol. The number of phenols is 1. The van der Waals surface area contributed by atoms with Gasteiger partial charge in [-0.15, -0.1) is 0 Å². The number of aromatic hydroxyl groups is 1. The lowest BCUT2D eigenvalue weighted by atomic mass is 10.0. The van der Waals surface area contributed by atoms with Crippen LogP contribution in [-0.4, -0.2) is 30.0 Å². The van der Waals surface area contributed by atoms with Crippen molar-refractivity contribution in [3.8, 4) is 17.2 Å². The molecule has 1 aromatic heterocycles. The van der Waals surface area contributed by atoms with Crippen LogP contribution in [0.2, 0.25) is 0 Å². The number of phenolic OH excluding ortho intramolecular Hbond substituents is 1. The molecule has 0 unspecified atom stereocenters. The van der Waals surface area contributed by atoms with Crippen LogP contribution in [0.25, 0.3) is 17.0 Å². The highest BCUT2D eigenvalue weighted by Gasteiger charge is 2.26. The lowest BCUT2D eigenvalue weighted by molar-refractivity contribution is -0.385. The third-order valence-corrected chi connectivity index (χ3v) is 4.00. The van der Waals surface area contributed by atoms with Gasteiger partial charge in [0.1, 0.15) is 11.3 Å². The van der Waals surface area contributed by atoms with Crippen molar-refractivity contribution in [1.29, 1.82) is 0 Å². The molecule has 3 aromatic rings. The van der Waals surface area contributed by atoms with Crippen LogP contribution in [0.4, 0.5) is 5.69 Å². The maximum Gasteiger partial charge on any atom is 0.276 e. The first-order valence-corrected chi connectivity index (χ1v) is 7.79. The van der Waals surface area contributed by atoms with Crippen molar-refractivity contribution < 1.29 is 28.7 Å². The van der Waals surface area contributed by atoms with Crippen LogP contribution in [0, 0.1) is 10.1 Å². The Bertz CT molecular complexity index is 1070. The molecule has 0 aliphatic heterocycles. The van der Waals surface area contributed by atoms with Crippen molar-refractivity contribution >= 4 is 28.5 Å². The van der Waals surface area contributed by atoms with E-state index in [1.54, 1.807) is 12.1 Å². The standard InChI is InChI=1S/C19H15NO7/c1-25-17-12-9-10-27-18(12)19(26-2)16(22)15(17)14(21)8-7-11-5-3-4-6-13(11)20(23)24/h3-10,22H,1-2H3/b8-7+. The number of hydrogen-bond donors (Lipinski definition) is 1. The molecule has 0 saturated heterocycles. The van der Waals surface area contributed by atoms with Gasteiger partial charge in [0, 0.05) is 6.07 Å². The average molecular weight is 369 g/mol. The molecule has 0 aliphatic rings. The molecule has 8 heteroatoms. The van der Waals surface area contributed by atoms with Crippen molar-refractivity contribution in [2.24, 2.45) is 0 Å². The van der Waals surface area contributed by atoms with E-state index < -0.39 is 16.5 Å². The van der Waals surface area contributed by atoms with Gasteiger partial charge in [0.2, 0.25) is 5.75 Å². The molecule has 138 valence electrons. The first kappa shape index (κ1) is 18.0. The maximum atomic E-state index is 12.8. The van der Waals surface area contributed by atoms with E-state index in [1.807, 2.05) is 0 Å². The summed E-state index contributed by atoms with van der Waals surface area (Å²) in [5, 5.41) is 22.0. The number of nitrogens with zero attached hydrogens (tertiary/aromatic N) is 1. The first-order valence-electron chi connectivity index (χ1n) is 7.79. The Morgan fingerprint density at radius 3 is 2.56 bits per heavy atom.